The van der Waals surface area contributed by atoms with Gasteiger partial charge >= 0.3 is 0 Å². The summed E-state index contributed by atoms with van der Waals surface area (Å²) in [7, 11) is 0. The molecule has 0 atom stereocenters. The molecule has 2 saturated heterocycles. The molecular weight excluding hydrogens is 446 g/mol. The molecule has 7 nitrogen and oxygen atoms in total. The molecule has 0 radical (unpaired) electrons. The van der Waals surface area contributed by atoms with Gasteiger partial charge in [0, 0.05) is 50.0 Å². The summed E-state index contributed by atoms with van der Waals surface area (Å²) in [5.74, 6) is 1.03. The summed E-state index contributed by atoms with van der Waals surface area (Å²) < 4.78 is 8.06. The Kier molecular flexibility index (Phi) is 6.26. The Labute approximate surface area is 204 Å². The van der Waals surface area contributed by atoms with Gasteiger partial charge in [0.2, 0.25) is 10.1 Å². The molecule has 3 fully saturated rings. The number of aromatic nitrogens is 3. The zero-order valence-electron chi connectivity index (χ0n) is 19.6. The summed E-state index contributed by atoms with van der Waals surface area (Å²) in [4.78, 5) is 21.5. The number of anilines is 2. The highest BCUT2D eigenvalue weighted by Crippen LogP contribution is 2.31. The van der Waals surface area contributed by atoms with E-state index in [-0.39, 0.29) is 5.92 Å². The van der Waals surface area contributed by atoms with Crippen LogP contribution in [0.25, 0.3) is 16.2 Å². The first-order valence-corrected chi connectivity index (χ1v) is 13.6. The SMILES string of the molecule is O=CC1CCN(c2nn3cc(-c4ccc(N5CCC(OCC6CCC6)CC5)cc4)nc3s2)CC1. The maximum absolute atomic E-state index is 11.0. The molecule has 1 aromatic carbocycles. The number of benzene rings is 1. The number of fused-ring (bicyclic) bond motifs is 1. The molecule has 3 aromatic rings. The van der Waals surface area contributed by atoms with E-state index >= 15 is 0 Å². The van der Waals surface area contributed by atoms with E-state index in [0.717, 1.165) is 92.0 Å². The number of ether oxygens (including phenoxy) is 1. The maximum Gasteiger partial charge on any atom is 0.214 e. The van der Waals surface area contributed by atoms with Gasteiger partial charge in [0.15, 0.2) is 0 Å². The lowest BCUT2D eigenvalue weighted by atomic mass is 9.86. The number of rotatable bonds is 7. The van der Waals surface area contributed by atoms with E-state index in [9.17, 15) is 4.79 Å². The number of carbonyl (C=O) groups is 1. The average molecular weight is 480 g/mol. The number of nitrogens with zero attached hydrogens (tertiary/aromatic N) is 5. The minimum atomic E-state index is 0.200. The Bertz CT molecular complexity index is 1070. The van der Waals surface area contributed by atoms with Gasteiger partial charge in [-0.15, -0.1) is 5.10 Å². The second-order valence-electron chi connectivity index (χ2n) is 10.1. The fourth-order valence-corrected chi connectivity index (χ4v) is 6.17. The molecule has 0 bridgehead atoms. The monoisotopic (exact) mass is 479 g/mol. The summed E-state index contributed by atoms with van der Waals surface area (Å²) in [6, 6.07) is 8.78. The third-order valence-corrected chi connectivity index (χ3v) is 8.78. The normalized spacial score (nSPS) is 20.7. The number of hydrogen-bond donors (Lipinski definition) is 0. The highest BCUT2D eigenvalue weighted by molar-refractivity contribution is 7.20. The quantitative estimate of drug-likeness (QED) is 0.460. The third-order valence-electron chi connectivity index (χ3n) is 7.80. The second-order valence-corrected chi connectivity index (χ2v) is 11.0. The predicted octanol–water partition coefficient (Wildman–Crippen LogP) is 4.66. The third kappa shape index (κ3) is 4.58. The molecular formula is C26H33N5O2S. The zero-order chi connectivity index (χ0) is 22.9. The Balaban J connectivity index is 1.05. The van der Waals surface area contributed by atoms with E-state index in [4.69, 9.17) is 14.8 Å². The van der Waals surface area contributed by atoms with Gasteiger partial charge in [0.05, 0.1) is 18.0 Å². The van der Waals surface area contributed by atoms with Crippen molar-refractivity contribution in [3.8, 4) is 11.3 Å². The summed E-state index contributed by atoms with van der Waals surface area (Å²) >= 11 is 1.62. The average Bonchev–Trinajstić information content (AvgIpc) is 3.44. The molecule has 0 N–H and O–H groups in total. The lowest BCUT2D eigenvalue weighted by molar-refractivity contribution is -0.111. The van der Waals surface area contributed by atoms with Crippen LogP contribution in [-0.4, -0.2) is 59.8 Å². The molecule has 1 aliphatic carbocycles. The van der Waals surface area contributed by atoms with Crippen molar-refractivity contribution >= 4 is 33.4 Å². The van der Waals surface area contributed by atoms with Gasteiger partial charge in [-0.05, 0) is 56.6 Å². The Morgan fingerprint density at radius 2 is 1.71 bits per heavy atom. The molecule has 0 amide bonds. The van der Waals surface area contributed by atoms with Crippen LogP contribution in [0.1, 0.15) is 44.9 Å². The van der Waals surface area contributed by atoms with E-state index in [1.54, 1.807) is 11.3 Å². The van der Waals surface area contributed by atoms with Gasteiger partial charge < -0.3 is 19.3 Å². The summed E-state index contributed by atoms with van der Waals surface area (Å²) in [6.45, 7) is 4.87. The van der Waals surface area contributed by atoms with Crippen LogP contribution in [0.5, 0.6) is 0 Å². The molecule has 0 spiro atoms. The highest BCUT2D eigenvalue weighted by Gasteiger charge is 2.24. The van der Waals surface area contributed by atoms with Crippen molar-refractivity contribution in [2.24, 2.45) is 11.8 Å². The first kappa shape index (κ1) is 22.0. The predicted molar refractivity (Wildman–Crippen MR) is 136 cm³/mol. The van der Waals surface area contributed by atoms with Crippen molar-refractivity contribution in [2.75, 3.05) is 42.6 Å². The largest absolute Gasteiger partial charge is 0.378 e. The molecule has 6 rings (SSSR count). The van der Waals surface area contributed by atoms with Gasteiger partial charge in [-0.1, -0.05) is 29.9 Å². The highest BCUT2D eigenvalue weighted by atomic mass is 32.1. The van der Waals surface area contributed by atoms with E-state index in [0.29, 0.717) is 6.10 Å². The number of hydrogen-bond acceptors (Lipinski definition) is 7. The molecule has 8 heteroatoms. The topological polar surface area (TPSA) is 63.0 Å². The van der Waals surface area contributed by atoms with Crippen LogP contribution in [0.4, 0.5) is 10.8 Å². The van der Waals surface area contributed by atoms with Crippen LogP contribution in [0.2, 0.25) is 0 Å². The zero-order valence-corrected chi connectivity index (χ0v) is 20.5. The fraction of sp³-hybridized carbons (Fsp3) is 0.577. The molecule has 4 heterocycles. The molecule has 1 saturated carbocycles. The number of imidazole rings is 1. The lowest BCUT2D eigenvalue weighted by Crippen LogP contribution is -2.37. The van der Waals surface area contributed by atoms with Crippen molar-refractivity contribution in [3.63, 3.8) is 0 Å². The standard InChI is InChI=1S/C26H33N5O2S/c32-17-19-8-12-30(13-9-19)26-28-31-16-24(27-25(31)34-26)21-4-6-22(7-5-21)29-14-10-23(11-15-29)33-18-20-2-1-3-20/h4-7,16-17,19-20,23H,1-3,8-15,18H2. The number of carbonyl (C=O) groups excluding carboxylic acids is 1. The Hall–Kier alpha value is -2.45. The van der Waals surface area contributed by atoms with Gasteiger partial charge in [-0.2, -0.15) is 0 Å². The smallest absolute Gasteiger partial charge is 0.214 e. The maximum atomic E-state index is 11.0. The lowest BCUT2D eigenvalue weighted by Gasteiger charge is -2.35. The number of aldehydes is 1. The molecule has 2 aromatic heterocycles. The minimum Gasteiger partial charge on any atom is -0.378 e. The van der Waals surface area contributed by atoms with E-state index in [1.165, 1.54) is 24.9 Å². The van der Waals surface area contributed by atoms with Crippen LogP contribution in [-0.2, 0) is 9.53 Å². The van der Waals surface area contributed by atoms with Crippen LogP contribution >= 0.6 is 11.3 Å². The van der Waals surface area contributed by atoms with Crippen LogP contribution in [0, 0.1) is 11.8 Å². The Morgan fingerprint density at radius 1 is 0.971 bits per heavy atom. The Morgan fingerprint density at radius 3 is 2.35 bits per heavy atom. The van der Waals surface area contributed by atoms with E-state index < -0.39 is 0 Å². The van der Waals surface area contributed by atoms with Crippen molar-refractivity contribution in [1.82, 2.24) is 14.6 Å². The van der Waals surface area contributed by atoms with Gasteiger partial charge in [0.1, 0.15) is 6.29 Å². The molecule has 180 valence electrons. The van der Waals surface area contributed by atoms with E-state index in [2.05, 4.69) is 34.1 Å². The first-order valence-electron chi connectivity index (χ1n) is 12.8. The van der Waals surface area contributed by atoms with Crippen LogP contribution < -0.4 is 9.80 Å². The summed E-state index contributed by atoms with van der Waals surface area (Å²) in [6.07, 6.45) is 11.7. The fourth-order valence-electron chi connectivity index (χ4n) is 5.24. The van der Waals surface area contributed by atoms with Gasteiger partial charge in [-0.25, -0.2) is 9.50 Å². The first-order chi connectivity index (χ1) is 16.7. The summed E-state index contributed by atoms with van der Waals surface area (Å²) in [5, 5.41) is 5.75. The van der Waals surface area contributed by atoms with Crippen molar-refractivity contribution in [2.45, 2.75) is 51.0 Å². The molecule has 0 unspecified atom stereocenters. The van der Waals surface area contributed by atoms with Gasteiger partial charge in [0.25, 0.3) is 0 Å². The molecule has 34 heavy (non-hydrogen) atoms. The molecule has 3 aliphatic rings. The van der Waals surface area contributed by atoms with Crippen molar-refractivity contribution in [1.29, 1.82) is 0 Å². The van der Waals surface area contributed by atoms with Crippen LogP contribution in [0.15, 0.2) is 30.5 Å². The molecule has 2 aliphatic heterocycles. The second kappa shape index (κ2) is 9.66. The minimum absolute atomic E-state index is 0.200. The van der Waals surface area contributed by atoms with Gasteiger partial charge in [-0.3, -0.25) is 0 Å². The number of piperidine rings is 2. The van der Waals surface area contributed by atoms with Crippen LogP contribution in [0.3, 0.4) is 0 Å². The summed E-state index contributed by atoms with van der Waals surface area (Å²) in [5.41, 5.74) is 3.36. The van der Waals surface area contributed by atoms with Crippen molar-refractivity contribution in [3.05, 3.63) is 30.5 Å². The van der Waals surface area contributed by atoms with E-state index in [1.807, 2.05) is 10.7 Å². The van der Waals surface area contributed by atoms with Crippen molar-refractivity contribution < 1.29 is 9.53 Å².